The quantitative estimate of drug-likeness (QED) is 0.812. The molecular formula is C22H27NO4. The van der Waals surface area contributed by atoms with Gasteiger partial charge in [0.1, 0.15) is 12.2 Å². The molecule has 0 radical (unpaired) electrons. The third-order valence-electron chi connectivity index (χ3n) is 4.93. The van der Waals surface area contributed by atoms with E-state index in [1.807, 2.05) is 50.2 Å². The van der Waals surface area contributed by atoms with E-state index in [9.17, 15) is 0 Å². The number of ether oxygens (including phenoxy) is 4. The Bertz CT molecular complexity index is 722. The van der Waals surface area contributed by atoms with Crippen molar-refractivity contribution in [3.8, 4) is 0 Å². The van der Waals surface area contributed by atoms with Crippen LogP contribution in [-0.2, 0) is 32.1 Å². The molecule has 4 rings (SSSR count). The topological polar surface area (TPSA) is 49.0 Å². The lowest BCUT2D eigenvalue weighted by molar-refractivity contribution is -0.212. The Morgan fingerprint density at radius 3 is 2.30 bits per heavy atom. The van der Waals surface area contributed by atoms with Crippen molar-refractivity contribution < 1.29 is 18.9 Å². The van der Waals surface area contributed by atoms with Crippen LogP contribution in [-0.4, -0.2) is 36.9 Å². The van der Waals surface area contributed by atoms with E-state index in [-0.39, 0.29) is 24.5 Å². The van der Waals surface area contributed by atoms with Gasteiger partial charge in [-0.05, 0) is 25.0 Å². The molecule has 5 nitrogen and oxygen atoms in total. The second-order valence-corrected chi connectivity index (χ2v) is 7.54. The van der Waals surface area contributed by atoms with E-state index in [1.54, 1.807) is 0 Å². The molecule has 0 aliphatic carbocycles. The molecule has 2 aromatic carbocycles. The van der Waals surface area contributed by atoms with Crippen LogP contribution >= 0.6 is 0 Å². The summed E-state index contributed by atoms with van der Waals surface area (Å²) in [6.07, 6.45) is -0.629. The van der Waals surface area contributed by atoms with Crippen molar-refractivity contribution >= 4 is 0 Å². The third kappa shape index (κ3) is 4.57. The van der Waals surface area contributed by atoms with Gasteiger partial charge in [0.2, 0.25) is 0 Å². The summed E-state index contributed by atoms with van der Waals surface area (Å²) in [5.74, 6) is -0.627. The van der Waals surface area contributed by atoms with Crippen molar-refractivity contribution in [2.24, 2.45) is 0 Å². The van der Waals surface area contributed by atoms with Gasteiger partial charge in [-0.3, -0.25) is 0 Å². The molecule has 2 saturated heterocycles. The second kappa shape index (κ2) is 8.09. The molecule has 0 unspecified atom stereocenters. The molecule has 2 aliphatic rings. The molecule has 0 bridgehead atoms. The maximum atomic E-state index is 6.13. The van der Waals surface area contributed by atoms with Crippen LogP contribution in [0, 0.1) is 0 Å². The maximum Gasteiger partial charge on any atom is 0.189 e. The number of hydrogen-bond acceptors (Lipinski definition) is 5. The number of hydrogen-bond donors (Lipinski definition) is 1. The highest BCUT2D eigenvalue weighted by Crippen LogP contribution is 2.37. The fourth-order valence-corrected chi connectivity index (χ4v) is 3.66. The summed E-state index contributed by atoms with van der Waals surface area (Å²) in [7, 11) is 0. The maximum absolute atomic E-state index is 6.13. The van der Waals surface area contributed by atoms with Gasteiger partial charge in [-0.15, -0.1) is 0 Å². The van der Waals surface area contributed by atoms with Crippen molar-refractivity contribution in [2.75, 3.05) is 6.61 Å². The van der Waals surface area contributed by atoms with Crippen LogP contribution in [0.15, 0.2) is 60.7 Å². The van der Waals surface area contributed by atoms with Gasteiger partial charge in [-0.2, -0.15) is 0 Å². The molecule has 144 valence electrons. The predicted molar refractivity (Wildman–Crippen MR) is 102 cm³/mol. The standard InChI is InChI=1S/C22H27NO4/c1-22(2)26-20-19(23-13-16-9-5-3-6-10-16)18(25-21(20)27-22)15-24-14-17-11-7-4-8-12-17/h3-12,18-21,23H,13-15H2,1-2H3/t18-,19-,20-,21-/m1/s1. The van der Waals surface area contributed by atoms with Crippen LogP contribution in [0.3, 0.4) is 0 Å². The average molecular weight is 369 g/mol. The minimum Gasteiger partial charge on any atom is -0.374 e. The first-order valence-electron chi connectivity index (χ1n) is 9.51. The van der Waals surface area contributed by atoms with E-state index in [2.05, 4.69) is 29.6 Å². The molecule has 0 spiro atoms. The average Bonchev–Trinajstić information content (AvgIpc) is 3.13. The Kier molecular flexibility index (Phi) is 5.57. The molecule has 0 aromatic heterocycles. The van der Waals surface area contributed by atoms with E-state index in [0.717, 1.165) is 12.1 Å². The van der Waals surface area contributed by atoms with Crippen molar-refractivity contribution in [1.29, 1.82) is 0 Å². The first-order chi connectivity index (χ1) is 13.1. The van der Waals surface area contributed by atoms with Crippen LogP contribution in [0.5, 0.6) is 0 Å². The summed E-state index contributed by atoms with van der Waals surface area (Å²) < 4.78 is 24.1. The predicted octanol–water partition coefficient (Wildman–Crippen LogP) is 3.24. The lowest BCUT2D eigenvalue weighted by atomic mass is 10.1. The minimum absolute atomic E-state index is 0.00718. The lowest BCUT2D eigenvalue weighted by Crippen LogP contribution is -2.46. The molecule has 2 heterocycles. The van der Waals surface area contributed by atoms with Crippen molar-refractivity contribution in [1.82, 2.24) is 5.32 Å². The Balaban J connectivity index is 1.38. The monoisotopic (exact) mass is 369 g/mol. The van der Waals surface area contributed by atoms with E-state index in [0.29, 0.717) is 13.2 Å². The SMILES string of the molecule is CC1(C)O[C@H]2O[C@H](COCc3ccccc3)[C@@H](NCc3ccccc3)[C@H]2O1. The van der Waals surface area contributed by atoms with Gasteiger partial charge in [-0.25, -0.2) is 0 Å². The molecule has 0 amide bonds. The zero-order chi connectivity index (χ0) is 18.7. The molecule has 27 heavy (non-hydrogen) atoms. The van der Waals surface area contributed by atoms with Gasteiger partial charge in [0.25, 0.3) is 0 Å². The fourth-order valence-electron chi connectivity index (χ4n) is 3.66. The smallest absolute Gasteiger partial charge is 0.189 e. The molecule has 5 heteroatoms. The van der Waals surface area contributed by atoms with E-state index in [4.69, 9.17) is 18.9 Å². The van der Waals surface area contributed by atoms with Gasteiger partial charge in [-0.1, -0.05) is 60.7 Å². The zero-order valence-corrected chi connectivity index (χ0v) is 15.8. The van der Waals surface area contributed by atoms with Crippen molar-refractivity contribution in [3.05, 3.63) is 71.8 Å². The molecule has 0 saturated carbocycles. The first-order valence-corrected chi connectivity index (χ1v) is 9.51. The summed E-state index contributed by atoms with van der Waals surface area (Å²) >= 11 is 0. The summed E-state index contributed by atoms with van der Waals surface area (Å²) in [5.41, 5.74) is 2.38. The van der Waals surface area contributed by atoms with E-state index in [1.165, 1.54) is 5.56 Å². The normalized spacial score (nSPS) is 29.0. The Hall–Kier alpha value is -1.76. The summed E-state index contributed by atoms with van der Waals surface area (Å²) in [6, 6.07) is 20.5. The molecule has 1 N–H and O–H groups in total. The van der Waals surface area contributed by atoms with E-state index >= 15 is 0 Å². The lowest BCUT2D eigenvalue weighted by Gasteiger charge is -2.26. The molecule has 2 aliphatic heterocycles. The Morgan fingerprint density at radius 2 is 1.59 bits per heavy atom. The number of fused-ring (bicyclic) bond motifs is 1. The summed E-state index contributed by atoms with van der Waals surface area (Å²) in [5, 5.41) is 3.60. The molecular weight excluding hydrogens is 342 g/mol. The van der Waals surface area contributed by atoms with E-state index < -0.39 is 5.79 Å². The largest absolute Gasteiger partial charge is 0.374 e. The van der Waals surface area contributed by atoms with Crippen LogP contribution in [0.2, 0.25) is 0 Å². The summed E-state index contributed by atoms with van der Waals surface area (Å²) in [6.45, 7) is 5.64. The van der Waals surface area contributed by atoms with Crippen molar-refractivity contribution in [2.45, 2.75) is 57.3 Å². The molecule has 2 fully saturated rings. The highest BCUT2D eigenvalue weighted by Gasteiger charge is 2.54. The number of rotatable bonds is 7. The fraction of sp³-hybridized carbons (Fsp3) is 0.455. The van der Waals surface area contributed by atoms with Crippen LogP contribution < -0.4 is 5.32 Å². The summed E-state index contributed by atoms with van der Waals surface area (Å²) in [4.78, 5) is 0. The van der Waals surface area contributed by atoms with Gasteiger partial charge in [0.15, 0.2) is 12.1 Å². The first kappa shape index (κ1) is 18.6. The Morgan fingerprint density at radius 1 is 0.926 bits per heavy atom. The second-order valence-electron chi connectivity index (χ2n) is 7.54. The Labute approximate surface area is 160 Å². The van der Waals surface area contributed by atoms with Gasteiger partial charge >= 0.3 is 0 Å². The van der Waals surface area contributed by atoms with Crippen molar-refractivity contribution in [3.63, 3.8) is 0 Å². The highest BCUT2D eigenvalue weighted by atomic mass is 16.8. The van der Waals surface area contributed by atoms with Gasteiger partial charge in [0, 0.05) is 6.54 Å². The van der Waals surface area contributed by atoms with Crippen LogP contribution in [0.4, 0.5) is 0 Å². The van der Waals surface area contributed by atoms with Crippen LogP contribution in [0.25, 0.3) is 0 Å². The zero-order valence-electron chi connectivity index (χ0n) is 15.8. The number of nitrogens with one attached hydrogen (secondary N) is 1. The minimum atomic E-state index is -0.627. The van der Waals surface area contributed by atoms with Crippen LogP contribution in [0.1, 0.15) is 25.0 Å². The van der Waals surface area contributed by atoms with Gasteiger partial charge in [0.05, 0.1) is 19.3 Å². The molecule has 4 atom stereocenters. The molecule has 2 aromatic rings. The highest BCUT2D eigenvalue weighted by molar-refractivity contribution is 5.15. The van der Waals surface area contributed by atoms with Gasteiger partial charge < -0.3 is 24.3 Å². The third-order valence-corrected chi connectivity index (χ3v) is 4.93. The number of benzene rings is 2.